The summed E-state index contributed by atoms with van der Waals surface area (Å²) in [5.41, 5.74) is 5.72. The summed E-state index contributed by atoms with van der Waals surface area (Å²) in [6.45, 7) is 0.379. The number of carbonyl (C=O) groups excluding carboxylic acids is 1. The Bertz CT molecular complexity index is 569. The van der Waals surface area contributed by atoms with Gasteiger partial charge in [0.05, 0.1) is 5.69 Å². The van der Waals surface area contributed by atoms with Crippen molar-refractivity contribution in [2.24, 2.45) is 5.92 Å². The van der Waals surface area contributed by atoms with Crippen LogP contribution < -0.4 is 15.8 Å². The van der Waals surface area contributed by atoms with Gasteiger partial charge in [-0.15, -0.1) is 0 Å². The topological polar surface area (TPSA) is 114 Å². The molecular weight excluding hydrogens is 268 g/mol. The summed E-state index contributed by atoms with van der Waals surface area (Å²) in [4.78, 5) is 15.0. The van der Waals surface area contributed by atoms with Crippen molar-refractivity contribution in [1.29, 1.82) is 0 Å². The minimum absolute atomic E-state index is 0.0138. The molecule has 1 heterocycles. The highest BCUT2D eigenvalue weighted by atomic mass is 32.2. The zero-order chi connectivity index (χ0) is 13.9. The number of hydrogen-bond donors (Lipinski definition) is 3. The SMILES string of the molecule is Nc1ccncc1S(=O)(=O)NCCNC(=O)C1CC1. The fourth-order valence-corrected chi connectivity index (χ4v) is 2.66. The fraction of sp³-hybridized carbons (Fsp3) is 0.455. The summed E-state index contributed by atoms with van der Waals surface area (Å²) in [5, 5.41) is 2.67. The van der Waals surface area contributed by atoms with E-state index >= 15 is 0 Å². The van der Waals surface area contributed by atoms with E-state index in [0.717, 1.165) is 12.8 Å². The molecule has 1 amide bonds. The van der Waals surface area contributed by atoms with E-state index in [2.05, 4.69) is 15.0 Å². The second-order valence-electron chi connectivity index (χ2n) is 4.38. The van der Waals surface area contributed by atoms with E-state index in [4.69, 9.17) is 5.73 Å². The van der Waals surface area contributed by atoms with Gasteiger partial charge >= 0.3 is 0 Å². The monoisotopic (exact) mass is 284 g/mol. The molecule has 4 N–H and O–H groups in total. The van der Waals surface area contributed by atoms with Gasteiger partial charge in [-0.1, -0.05) is 0 Å². The maximum atomic E-state index is 11.9. The molecule has 19 heavy (non-hydrogen) atoms. The predicted octanol–water partition coefficient (Wildman–Crippen LogP) is -0.532. The molecule has 0 aliphatic heterocycles. The summed E-state index contributed by atoms with van der Waals surface area (Å²) in [6.07, 6.45) is 4.46. The first-order chi connectivity index (χ1) is 9.00. The number of anilines is 1. The molecule has 0 unspecified atom stereocenters. The van der Waals surface area contributed by atoms with Crippen LogP contribution in [0.5, 0.6) is 0 Å². The maximum absolute atomic E-state index is 11.9. The van der Waals surface area contributed by atoms with Gasteiger partial charge < -0.3 is 11.1 Å². The second kappa shape index (κ2) is 5.54. The Morgan fingerprint density at radius 1 is 1.42 bits per heavy atom. The minimum atomic E-state index is -3.68. The van der Waals surface area contributed by atoms with Crippen molar-refractivity contribution in [2.75, 3.05) is 18.8 Å². The summed E-state index contributed by atoms with van der Waals surface area (Å²) in [5.74, 6) is 0.102. The van der Waals surface area contributed by atoms with Crippen LogP contribution in [0.25, 0.3) is 0 Å². The van der Waals surface area contributed by atoms with E-state index in [9.17, 15) is 13.2 Å². The zero-order valence-electron chi connectivity index (χ0n) is 10.3. The number of carbonyl (C=O) groups is 1. The third kappa shape index (κ3) is 3.65. The average molecular weight is 284 g/mol. The van der Waals surface area contributed by atoms with Crippen LogP contribution in [-0.2, 0) is 14.8 Å². The lowest BCUT2D eigenvalue weighted by Gasteiger charge is -2.09. The normalized spacial score (nSPS) is 15.2. The Morgan fingerprint density at radius 3 is 2.79 bits per heavy atom. The maximum Gasteiger partial charge on any atom is 0.244 e. The molecule has 0 bridgehead atoms. The minimum Gasteiger partial charge on any atom is -0.398 e. The lowest BCUT2D eigenvalue weighted by atomic mass is 10.4. The van der Waals surface area contributed by atoms with Gasteiger partial charge in [0, 0.05) is 31.4 Å². The van der Waals surface area contributed by atoms with E-state index in [0.29, 0.717) is 0 Å². The zero-order valence-corrected chi connectivity index (χ0v) is 11.1. The molecule has 104 valence electrons. The number of pyridine rings is 1. The van der Waals surface area contributed by atoms with Gasteiger partial charge in [-0.3, -0.25) is 9.78 Å². The number of amides is 1. The van der Waals surface area contributed by atoms with Gasteiger partial charge in [-0.05, 0) is 18.9 Å². The molecule has 2 rings (SSSR count). The van der Waals surface area contributed by atoms with Crippen LogP contribution in [0.3, 0.4) is 0 Å². The third-order valence-corrected chi connectivity index (χ3v) is 4.27. The van der Waals surface area contributed by atoms with Crippen LogP contribution >= 0.6 is 0 Å². The Labute approximate surface area is 111 Å². The first-order valence-corrected chi connectivity index (χ1v) is 7.46. The number of nitrogens with one attached hydrogen (secondary N) is 2. The number of rotatable bonds is 6. The molecule has 1 fully saturated rings. The summed E-state index contributed by atoms with van der Waals surface area (Å²) >= 11 is 0. The second-order valence-corrected chi connectivity index (χ2v) is 6.11. The molecular formula is C11H16N4O3S. The Balaban J connectivity index is 1.84. The molecule has 1 aliphatic rings. The summed E-state index contributed by atoms with van der Waals surface area (Å²) in [7, 11) is -3.68. The van der Waals surface area contributed by atoms with Gasteiger partial charge in [0.2, 0.25) is 15.9 Å². The van der Waals surface area contributed by atoms with E-state index < -0.39 is 10.0 Å². The van der Waals surface area contributed by atoms with Crippen LogP contribution in [0, 0.1) is 5.92 Å². The standard InChI is InChI=1S/C11H16N4O3S/c12-9-3-4-13-7-10(9)19(17,18)15-6-5-14-11(16)8-1-2-8/h3-4,7-8,15H,1-2,5-6H2,(H2,12,13)(H,14,16). The molecule has 7 nitrogen and oxygen atoms in total. The summed E-state index contributed by atoms with van der Waals surface area (Å²) in [6, 6.07) is 1.42. The van der Waals surface area contributed by atoms with Crippen molar-refractivity contribution < 1.29 is 13.2 Å². The Morgan fingerprint density at radius 2 is 2.16 bits per heavy atom. The molecule has 1 saturated carbocycles. The van der Waals surface area contributed by atoms with Gasteiger partial charge in [0.1, 0.15) is 4.90 Å². The molecule has 0 spiro atoms. The van der Waals surface area contributed by atoms with Crippen molar-refractivity contribution >= 4 is 21.6 Å². The van der Waals surface area contributed by atoms with E-state index in [1.165, 1.54) is 18.5 Å². The van der Waals surface area contributed by atoms with Crippen molar-refractivity contribution in [3.05, 3.63) is 18.5 Å². The van der Waals surface area contributed by atoms with Gasteiger partial charge in [-0.25, -0.2) is 13.1 Å². The quantitative estimate of drug-likeness (QED) is 0.607. The number of sulfonamides is 1. The van der Waals surface area contributed by atoms with Crippen LogP contribution in [0.4, 0.5) is 5.69 Å². The highest BCUT2D eigenvalue weighted by Gasteiger charge is 2.29. The highest BCUT2D eigenvalue weighted by molar-refractivity contribution is 7.89. The first-order valence-electron chi connectivity index (χ1n) is 5.97. The summed E-state index contributed by atoms with van der Waals surface area (Å²) < 4.78 is 26.2. The number of nitrogen functional groups attached to an aromatic ring is 1. The highest BCUT2D eigenvalue weighted by Crippen LogP contribution is 2.28. The smallest absolute Gasteiger partial charge is 0.244 e. The predicted molar refractivity (Wildman–Crippen MR) is 69.6 cm³/mol. The molecule has 8 heteroatoms. The van der Waals surface area contributed by atoms with Crippen LogP contribution in [0.2, 0.25) is 0 Å². The van der Waals surface area contributed by atoms with Gasteiger partial charge in [0.15, 0.2) is 0 Å². The molecule has 0 saturated heterocycles. The Hall–Kier alpha value is -1.67. The molecule has 1 aliphatic carbocycles. The lowest BCUT2D eigenvalue weighted by Crippen LogP contribution is -2.35. The van der Waals surface area contributed by atoms with Gasteiger partial charge in [0.25, 0.3) is 0 Å². The van der Waals surface area contributed by atoms with Crippen molar-refractivity contribution in [1.82, 2.24) is 15.0 Å². The van der Waals surface area contributed by atoms with Crippen molar-refractivity contribution in [2.45, 2.75) is 17.7 Å². The fourth-order valence-electron chi connectivity index (χ4n) is 1.55. The molecule has 1 aromatic rings. The third-order valence-electron chi connectivity index (χ3n) is 2.77. The molecule has 0 aromatic carbocycles. The van der Waals surface area contributed by atoms with Crippen molar-refractivity contribution in [3.8, 4) is 0 Å². The Kier molecular flexibility index (Phi) is 4.01. The molecule has 0 radical (unpaired) electrons. The molecule has 1 aromatic heterocycles. The number of hydrogen-bond acceptors (Lipinski definition) is 5. The number of nitrogens with zero attached hydrogens (tertiary/aromatic N) is 1. The first kappa shape index (κ1) is 13.8. The molecule has 0 atom stereocenters. The lowest BCUT2D eigenvalue weighted by molar-refractivity contribution is -0.122. The number of aromatic nitrogens is 1. The van der Waals surface area contributed by atoms with Crippen molar-refractivity contribution in [3.63, 3.8) is 0 Å². The van der Waals surface area contributed by atoms with E-state index in [1.54, 1.807) is 0 Å². The largest absolute Gasteiger partial charge is 0.398 e. The van der Waals surface area contributed by atoms with E-state index in [1.807, 2.05) is 0 Å². The van der Waals surface area contributed by atoms with Crippen LogP contribution in [0.1, 0.15) is 12.8 Å². The van der Waals surface area contributed by atoms with Crippen LogP contribution in [0.15, 0.2) is 23.4 Å². The van der Waals surface area contributed by atoms with E-state index in [-0.39, 0.29) is 35.5 Å². The van der Waals surface area contributed by atoms with Crippen LogP contribution in [-0.4, -0.2) is 32.4 Å². The number of nitrogens with two attached hydrogens (primary N) is 1. The van der Waals surface area contributed by atoms with Gasteiger partial charge in [-0.2, -0.15) is 0 Å². The average Bonchev–Trinajstić information content (AvgIpc) is 3.19.